The minimum absolute atomic E-state index is 0.0140. The van der Waals surface area contributed by atoms with Gasteiger partial charge in [-0.1, -0.05) is 25.1 Å². The summed E-state index contributed by atoms with van der Waals surface area (Å²) in [6, 6.07) is 11.9. The highest BCUT2D eigenvalue weighted by atomic mass is 16.6. The Kier molecular flexibility index (Phi) is 6.64. The summed E-state index contributed by atoms with van der Waals surface area (Å²) >= 11 is 0. The molecule has 1 fully saturated rings. The third kappa shape index (κ3) is 5.25. The van der Waals surface area contributed by atoms with E-state index < -0.39 is 29.3 Å². The van der Waals surface area contributed by atoms with Crippen LogP contribution in [0.3, 0.4) is 0 Å². The van der Waals surface area contributed by atoms with Crippen LogP contribution in [0.1, 0.15) is 24.5 Å². The van der Waals surface area contributed by atoms with Crippen molar-refractivity contribution >= 4 is 34.8 Å². The Labute approximate surface area is 179 Å². The Morgan fingerprint density at radius 1 is 1.23 bits per heavy atom. The molecule has 0 spiro atoms. The lowest BCUT2D eigenvalue weighted by Gasteiger charge is -2.17. The van der Waals surface area contributed by atoms with Crippen molar-refractivity contribution < 1.29 is 24.0 Å². The lowest BCUT2D eigenvalue weighted by atomic mass is 10.1. The summed E-state index contributed by atoms with van der Waals surface area (Å²) in [4.78, 5) is 48.7. The summed E-state index contributed by atoms with van der Waals surface area (Å²) in [5.74, 6) is -2.09. The Bertz CT molecular complexity index is 1020. The van der Waals surface area contributed by atoms with Crippen LogP contribution in [-0.2, 0) is 25.5 Å². The quantitative estimate of drug-likeness (QED) is 0.414. The molecule has 0 aliphatic carbocycles. The highest BCUT2D eigenvalue weighted by molar-refractivity contribution is 6.00. The SMILES string of the molecule is CCc1ccc(N2CC(C(=O)OCC(=O)Nc3ccc(C)c([N+](=O)[O-])c3)CC2=O)cc1. The van der Waals surface area contributed by atoms with E-state index in [9.17, 15) is 24.5 Å². The number of nitrogens with zero attached hydrogens (tertiary/aromatic N) is 2. The summed E-state index contributed by atoms with van der Waals surface area (Å²) < 4.78 is 5.07. The molecule has 3 rings (SSSR count). The van der Waals surface area contributed by atoms with Gasteiger partial charge in [0.25, 0.3) is 11.6 Å². The van der Waals surface area contributed by atoms with Crippen LogP contribution < -0.4 is 10.2 Å². The first-order chi connectivity index (χ1) is 14.8. The number of amides is 2. The van der Waals surface area contributed by atoms with E-state index in [0.29, 0.717) is 5.56 Å². The maximum atomic E-state index is 12.3. The minimum atomic E-state index is -0.661. The monoisotopic (exact) mass is 425 g/mol. The zero-order valence-electron chi connectivity index (χ0n) is 17.3. The number of ether oxygens (including phenoxy) is 1. The van der Waals surface area contributed by atoms with Crippen molar-refractivity contribution in [2.45, 2.75) is 26.7 Å². The van der Waals surface area contributed by atoms with Gasteiger partial charge in [0, 0.05) is 36.0 Å². The average molecular weight is 425 g/mol. The molecule has 1 unspecified atom stereocenters. The van der Waals surface area contributed by atoms with Crippen molar-refractivity contribution in [2.75, 3.05) is 23.4 Å². The number of aryl methyl sites for hydroxylation is 2. The Balaban J connectivity index is 1.53. The van der Waals surface area contributed by atoms with Crippen molar-refractivity contribution in [3.8, 4) is 0 Å². The Morgan fingerprint density at radius 2 is 1.94 bits per heavy atom. The fourth-order valence-electron chi connectivity index (χ4n) is 3.36. The molecule has 0 saturated carbocycles. The number of nitro benzene ring substituents is 1. The minimum Gasteiger partial charge on any atom is -0.455 e. The van der Waals surface area contributed by atoms with Crippen LogP contribution in [0, 0.1) is 23.0 Å². The van der Waals surface area contributed by atoms with Gasteiger partial charge in [-0.3, -0.25) is 24.5 Å². The zero-order chi connectivity index (χ0) is 22.5. The molecule has 0 radical (unpaired) electrons. The number of hydrogen-bond donors (Lipinski definition) is 1. The van der Waals surface area contributed by atoms with E-state index in [1.54, 1.807) is 6.92 Å². The fraction of sp³-hybridized carbons (Fsp3) is 0.318. The number of anilines is 2. The highest BCUT2D eigenvalue weighted by Gasteiger charge is 2.36. The molecule has 162 valence electrons. The van der Waals surface area contributed by atoms with Crippen LogP contribution in [0.15, 0.2) is 42.5 Å². The molecular weight excluding hydrogens is 402 g/mol. The lowest BCUT2D eigenvalue weighted by Crippen LogP contribution is -2.28. The predicted molar refractivity (Wildman–Crippen MR) is 114 cm³/mol. The first-order valence-corrected chi connectivity index (χ1v) is 9.89. The molecule has 1 heterocycles. The second-order valence-corrected chi connectivity index (χ2v) is 7.34. The van der Waals surface area contributed by atoms with Gasteiger partial charge in [0.1, 0.15) is 0 Å². The van der Waals surface area contributed by atoms with Gasteiger partial charge in [0.05, 0.1) is 10.8 Å². The number of nitrogens with one attached hydrogen (secondary N) is 1. The van der Waals surface area contributed by atoms with Crippen LogP contribution in [0.4, 0.5) is 17.1 Å². The molecule has 1 aliphatic rings. The summed E-state index contributed by atoms with van der Waals surface area (Å²) in [5.41, 5.74) is 2.45. The second-order valence-electron chi connectivity index (χ2n) is 7.34. The first kappa shape index (κ1) is 21.9. The molecular formula is C22H23N3O6. The van der Waals surface area contributed by atoms with Gasteiger partial charge in [0.15, 0.2) is 6.61 Å². The van der Waals surface area contributed by atoms with Crippen LogP contribution in [-0.4, -0.2) is 35.9 Å². The molecule has 2 aromatic carbocycles. The molecule has 31 heavy (non-hydrogen) atoms. The van der Waals surface area contributed by atoms with E-state index in [-0.39, 0.29) is 30.2 Å². The summed E-state index contributed by atoms with van der Waals surface area (Å²) in [5, 5.41) is 13.5. The van der Waals surface area contributed by atoms with Gasteiger partial charge < -0.3 is 15.0 Å². The smallest absolute Gasteiger partial charge is 0.311 e. The van der Waals surface area contributed by atoms with E-state index in [4.69, 9.17) is 4.74 Å². The van der Waals surface area contributed by atoms with Crippen molar-refractivity contribution in [3.05, 3.63) is 63.7 Å². The fourth-order valence-corrected chi connectivity index (χ4v) is 3.36. The number of carbonyl (C=O) groups is 3. The van der Waals surface area contributed by atoms with Crippen LogP contribution in [0.5, 0.6) is 0 Å². The first-order valence-electron chi connectivity index (χ1n) is 9.89. The van der Waals surface area contributed by atoms with E-state index in [1.165, 1.54) is 23.1 Å². The third-order valence-corrected chi connectivity index (χ3v) is 5.15. The number of hydrogen-bond acceptors (Lipinski definition) is 6. The molecule has 1 atom stereocenters. The van der Waals surface area contributed by atoms with Crippen LogP contribution >= 0.6 is 0 Å². The summed E-state index contributed by atoms with van der Waals surface area (Å²) in [6.45, 7) is 3.28. The second kappa shape index (κ2) is 9.38. The van der Waals surface area contributed by atoms with E-state index >= 15 is 0 Å². The standard InChI is InChI=1S/C22H23N3O6/c1-3-15-5-8-18(9-6-15)24-12-16(10-21(24)27)22(28)31-13-20(26)23-17-7-4-14(2)19(11-17)25(29)30/h4-9,11,16H,3,10,12-13H2,1-2H3,(H,23,26). The van der Waals surface area contributed by atoms with Crippen molar-refractivity contribution in [1.29, 1.82) is 0 Å². The molecule has 1 saturated heterocycles. The van der Waals surface area contributed by atoms with Gasteiger partial charge >= 0.3 is 5.97 Å². The van der Waals surface area contributed by atoms with Crippen LogP contribution in [0.2, 0.25) is 0 Å². The largest absolute Gasteiger partial charge is 0.455 e. The average Bonchev–Trinajstić information content (AvgIpc) is 3.15. The number of carbonyl (C=O) groups excluding carboxylic acids is 3. The molecule has 1 N–H and O–H groups in total. The zero-order valence-corrected chi connectivity index (χ0v) is 17.3. The molecule has 0 bridgehead atoms. The van der Waals surface area contributed by atoms with E-state index in [2.05, 4.69) is 5.32 Å². The number of nitro groups is 1. The molecule has 1 aliphatic heterocycles. The van der Waals surface area contributed by atoms with Gasteiger partial charge in [-0.25, -0.2) is 0 Å². The summed E-state index contributed by atoms with van der Waals surface area (Å²) in [6.07, 6.45) is 0.904. The topological polar surface area (TPSA) is 119 Å². The van der Waals surface area contributed by atoms with Gasteiger partial charge in [-0.15, -0.1) is 0 Å². The molecule has 9 nitrogen and oxygen atoms in total. The predicted octanol–water partition coefficient (Wildman–Crippen LogP) is 3.00. The molecule has 2 aromatic rings. The van der Waals surface area contributed by atoms with E-state index in [1.807, 2.05) is 31.2 Å². The normalized spacial score (nSPS) is 15.6. The van der Waals surface area contributed by atoms with Crippen molar-refractivity contribution in [2.24, 2.45) is 5.92 Å². The number of benzene rings is 2. The van der Waals surface area contributed by atoms with Gasteiger partial charge in [-0.2, -0.15) is 0 Å². The molecule has 0 aromatic heterocycles. The highest BCUT2D eigenvalue weighted by Crippen LogP contribution is 2.26. The number of rotatable bonds is 7. The Morgan fingerprint density at radius 3 is 2.58 bits per heavy atom. The van der Waals surface area contributed by atoms with E-state index in [0.717, 1.165) is 17.7 Å². The van der Waals surface area contributed by atoms with Crippen LogP contribution in [0.25, 0.3) is 0 Å². The third-order valence-electron chi connectivity index (χ3n) is 5.15. The van der Waals surface area contributed by atoms with Gasteiger partial charge in [-0.05, 0) is 37.1 Å². The van der Waals surface area contributed by atoms with Gasteiger partial charge in [0.2, 0.25) is 5.91 Å². The van der Waals surface area contributed by atoms with Crippen molar-refractivity contribution in [1.82, 2.24) is 0 Å². The molecule has 9 heteroatoms. The number of esters is 1. The lowest BCUT2D eigenvalue weighted by molar-refractivity contribution is -0.385. The van der Waals surface area contributed by atoms with Crippen molar-refractivity contribution in [3.63, 3.8) is 0 Å². The molecule has 2 amide bonds. The maximum absolute atomic E-state index is 12.3. The summed E-state index contributed by atoms with van der Waals surface area (Å²) in [7, 11) is 0. The maximum Gasteiger partial charge on any atom is 0.311 e. The Hall–Kier alpha value is -3.75.